The van der Waals surface area contributed by atoms with Crippen molar-refractivity contribution in [3.63, 3.8) is 0 Å². The van der Waals surface area contributed by atoms with Crippen molar-refractivity contribution in [2.24, 2.45) is 0 Å². The molecule has 222 valence electrons. The predicted molar refractivity (Wildman–Crippen MR) is 159 cm³/mol. The minimum atomic E-state index is -4.59. The Morgan fingerprint density at radius 2 is 1.66 bits per heavy atom. The molecular weight excluding hydrogens is 595 g/mol. The first kappa shape index (κ1) is 28.7. The maximum absolute atomic E-state index is 13.4. The number of carbonyl (C=O) groups is 2. The summed E-state index contributed by atoms with van der Waals surface area (Å²) in [6.07, 6.45) is 4.15. The first-order valence-electron chi connectivity index (χ1n) is 13.3. The number of alkyl halides is 3. The van der Waals surface area contributed by atoms with Gasteiger partial charge < -0.3 is 15.4 Å². The molecule has 2 aromatic carbocycles. The molecule has 0 saturated carbocycles. The van der Waals surface area contributed by atoms with Crippen molar-refractivity contribution >= 4 is 39.8 Å². The lowest BCUT2D eigenvalue weighted by Gasteiger charge is -2.15. The predicted octanol–water partition coefficient (Wildman–Crippen LogP) is 7.24. The van der Waals surface area contributed by atoms with Gasteiger partial charge in [0.05, 0.1) is 34.2 Å². The van der Waals surface area contributed by atoms with Crippen molar-refractivity contribution in [1.82, 2.24) is 19.9 Å². The molecule has 6 rings (SSSR count). The van der Waals surface area contributed by atoms with Gasteiger partial charge in [-0.05, 0) is 66.1 Å². The smallest absolute Gasteiger partial charge is 0.416 e. The zero-order valence-electron chi connectivity index (χ0n) is 22.7. The van der Waals surface area contributed by atoms with Gasteiger partial charge in [0.25, 0.3) is 0 Å². The lowest BCUT2D eigenvalue weighted by Crippen LogP contribution is -2.23. The standard InChI is InChI=1S/C30H22F3N7O3S/c31-30(32,33)20-5-8-23(18-9-11-34-12-10-18)24(14-20)39-27(42)38-21-15-35-28(36-16-21)43-22-6-3-19(4-7-22)25-17-37-29(44-25)40-13-1-2-26(40)41/h3-12,14-17H,1-2,13H2,(H2,38,39,42). The van der Waals surface area contributed by atoms with Gasteiger partial charge in [0.1, 0.15) is 5.75 Å². The number of ether oxygens (including phenoxy) is 1. The van der Waals surface area contributed by atoms with Gasteiger partial charge in [-0.3, -0.25) is 14.7 Å². The van der Waals surface area contributed by atoms with Crippen molar-refractivity contribution < 1.29 is 27.5 Å². The Kier molecular flexibility index (Phi) is 7.89. The van der Waals surface area contributed by atoms with Crippen LogP contribution < -0.4 is 20.3 Å². The quantitative estimate of drug-likeness (QED) is 0.197. The Labute approximate surface area is 252 Å². The second kappa shape index (κ2) is 12.1. The van der Waals surface area contributed by atoms with E-state index in [9.17, 15) is 22.8 Å². The third-order valence-electron chi connectivity index (χ3n) is 6.62. The Bertz CT molecular complexity index is 1800. The molecule has 14 heteroatoms. The van der Waals surface area contributed by atoms with Gasteiger partial charge in [0, 0.05) is 37.1 Å². The molecule has 0 spiro atoms. The highest BCUT2D eigenvalue weighted by molar-refractivity contribution is 7.19. The van der Waals surface area contributed by atoms with Crippen molar-refractivity contribution in [2.45, 2.75) is 19.0 Å². The van der Waals surface area contributed by atoms with Crippen LogP contribution in [0.2, 0.25) is 0 Å². The van der Waals surface area contributed by atoms with Crippen molar-refractivity contribution in [3.05, 3.63) is 91.1 Å². The molecule has 1 aliphatic heterocycles. The van der Waals surface area contributed by atoms with E-state index < -0.39 is 17.8 Å². The lowest BCUT2D eigenvalue weighted by molar-refractivity contribution is -0.137. The summed E-state index contributed by atoms with van der Waals surface area (Å²) in [6, 6.07) is 12.8. The Balaban J connectivity index is 1.09. The number of thiazole rings is 1. The highest BCUT2D eigenvalue weighted by atomic mass is 32.1. The molecular formula is C30H22F3N7O3S. The fraction of sp³-hybridized carbons (Fsp3) is 0.133. The van der Waals surface area contributed by atoms with Crippen LogP contribution in [0.5, 0.6) is 11.8 Å². The normalized spacial score (nSPS) is 13.2. The molecule has 44 heavy (non-hydrogen) atoms. The molecule has 1 aliphatic rings. The summed E-state index contributed by atoms with van der Waals surface area (Å²) in [5, 5.41) is 5.68. The number of benzene rings is 2. The van der Waals surface area contributed by atoms with Crippen LogP contribution in [-0.4, -0.2) is 38.4 Å². The number of halogens is 3. The number of hydrogen-bond donors (Lipinski definition) is 2. The fourth-order valence-corrected chi connectivity index (χ4v) is 5.46. The van der Waals surface area contributed by atoms with E-state index in [0.717, 1.165) is 29.0 Å². The fourth-order valence-electron chi connectivity index (χ4n) is 4.49. The highest BCUT2D eigenvalue weighted by Gasteiger charge is 2.31. The summed E-state index contributed by atoms with van der Waals surface area (Å²) in [5.74, 6) is 0.558. The molecule has 5 aromatic rings. The highest BCUT2D eigenvalue weighted by Crippen LogP contribution is 2.36. The van der Waals surface area contributed by atoms with Crippen LogP contribution >= 0.6 is 11.3 Å². The third-order valence-corrected chi connectivity index (χ3v) is 7.69. The Morgan fingerprint density at radius 1 is 0.909 bits per heavy atom. The number of urea groups is 1. The third kappa shape index (κ3) is 6.49. The number of anilines is 3. The molecule has 0 bridgehead atoms. The van der Waals surface area contributed by atoms with Gasteiger partial charge in [-0.25, -0.2) is 19.7 Å². The van der Waals surface area contributed by atoms with Crippen LogP contribution in [0.15, 0.2) is 85.6 Å². The van der Waals surface area contributed by atoms with Gasteiger partial charge in [0.2, 0.25) is 5.91 Å². The number of nitrogens with one attached hydrogen (secondary N) is 2. The van der Waals surface area contributed by atoms with Crippen LogP contribution in [0, 0.1) is 0 Å². The van der Waals surface area contributed by atoms with E-state index in [4.69, 9.17) is 4.74 Å². The summed E-state index contributed by atoms with van der Waals surface area (Å²) in [4.78, 5) is 43.8. The number of pyridine rings is 1. The number of aromatic nitrogens is 4. The SMILES string of the molecule is O=C(Nc1cnc(Oc2ccc(-c3cnc(N4CCCC4=O)s3)cc2)nc1)Nc1cc(C(F)(F)F)ccc1-c1ccncc1. The summed E-state index contributed by atoms with van der Waals surface area (Å²) in [5.41, 5.74) is 1.13. The minimum Gasteiger partial charge on any atom is -0.424 e. The molecule has 3 amide bonds. The van der Waals surface area contributed by atoms with Crippen LogP contribution in [0.1, 0.15) is 18.4 Å². The largest absolute Gasteiger partial charge is 0.424 e. The van der Waals surface area contributed by atoms with Crippen LogP contribution in [-0.2, 0) is 11.0 Å². The van der Waals surface area contributed by atoms with Gasteiger partial charge in [-0.2, -0.15) is 13.2 Å². The van der Waals surface area contributed by atoms with E-state index in [1.807, 2.05) is 12.1 Å². The summed E-state index contributed by atoms with van der Waals surface area (Å²) >= 11 is 1.44. The van der Waals surface area contributed by atoms with Gasteiger partial charge in [0.15, 0.2) is 5.13 Å². The van der Waals surface area contributed by atoms with Gasteiger partial charge in [-0.1, -0.05) is 17.4 Å². The number of rotatable bonds is 7. The molecule has 1 saturated heterocycles. The van der Waals surface area contributed by atoms with Crippen molar-refractivity contribution in [2.75, 3.05) is 22.1 Å². The van der Waals surface area contributed by atoms with Crippen LogP contribution in [0.25, 0.3) is 21.6 Å². The Morgan fingerprint density at radius 3 is 2.34 bits per heavy atom. The minimum absolute atomic E-state index is 0.0224. The summed E-state index contributed by atoms with van der Waals surface area (Å²) < 4.78 is 45.8. The summed E-state index contributed by atoms with van der Waals surface area (Å²) in [7, 11) is 0. The molecule has 10 nitrogen and oxygen atoms in total. The molecule has 1 fully saturated rings. The molecule has 0 atom stereocenters. The maximum atomic E-state index is 13.4. The van der Waals surface area contributed by atoms with E-state index in [1.54, 1.807) is 35.4 Å². The lowest BCUT2D eigenvalue weighted by atomic mass is 10.0. The molecule has 0 radical (unpaired) electrons. The number of carbonyl (C=O) groups excluding carboxylic acids is 2. The number of amides is 3. The first-order chi connectivity index (χ1) is 21.2. The first-order valence-corrected chi connectivity index (χ1v) is 14.1. The number of nitrogens with zero attached hydrogens (tertiary/aromatic N) is 5. The van der Waals surface area contributed by atoms with E-state index >= 15 is 0 Å². The van der Waals surface area contributed by atoms with Crippen molar-refractivity contribution in [3.8, 4) is 33.3 Å². The van der Waals surface area contributed by atoms with Crippen LogP contribution in [0.3, 0.4) is 0 Å². The van der Waals surface area contributed by atoms with E-state index in [0.29, 0.717) is 35.0 Å². The van der Waals surface area contributed by atoms with Crippen LogP contribution in [0.4, 0.5) is 34.5 Å². The van der Waals surface area contributed by atoms with E-state index in [-0.39, 0.29) is 23.3 Å². The number of hydrogen-bond acceptors (Lipinski definition) is 8. The maximum Gasteiger partial charge on any atom is 0.416 e. The zero-order chi connectivity index (χ0) is 30.7. The van der Waals surface area contributed by atoms with Gasteiger partial charge in [-0.15, -0.1) is 0 Å². The molecule has 3 aromatic heterocycles. The van der Waals surface area contributed by atoms with E-state index in [1.165, 1.54) is 42.2 Å². The van der Waals surface area contributed by atoms with Crippen molar-refractivity contribution in [1.29, 1.82) is 0 Å². The second-order valence-electron chi connectivity index (χ2n) is 9.61. The molecule has 0 aliphatic carbocycles. The molecule has 2 N–H and O–H groups in total. The Hall–Kier alpha value is -5.37. The topological polar surface area (TPSA) is 122 Å². The molecule has 4 heterocycles. The average Bonchev–Trinajstić information content (AvgIpc) is 3.67. The van der Waals surface area contributed by atoms with Gasteiger partial charge >= 0.3 is 18.2 Å². The zero-order valence-corrected chi connectivity index (χ0v) is 23.5. The monoisotopic (exact) mass is 617 g/mol. The summed E-state index contributed by atoms with van der Waals surface area (Å²) in [6.45, 7) is 0.681. The second-order valence-corrected chi connectivity index (χ2v) is 10.6. The molecule has 0 unspecified atom stereocenters. The van der Waals surface area contributed by atoms with E-state index in [2.05, 4.69) is 30.6 Å². The average molecular weight is 618 g/mol.